The minimum atomic E-state index is 0. The Hall–Kier alpha value is -1.06. The lowest BCUT2D eigenvalue weighted by molar-refractivity contribution is -0.0817. The number of nitrogens with zero attached hydrogens (tertiary/aromatic N) is 2. The van der Waals surface area contributed by atoms with Crippen LogP contribution in [-0.4, -0.2) is 69.1 Å². The summed E-state index contributed by atoms with van der Waals surface area (Å²) in [6, 6.07) is 8.35. The molecule has 2 saturated heterocycles. The first-order valence-electron chi connectivity index (χ1n) is 10.3. The number of fused-ring (bicyclic) bond motifs is 1. The zero-order valence-electron chi connectivity index (χ0n) is 16.6. The molecule has 0 radical (unpaired) electrons. The normalized spacial score (nSPS) is 27.5. The summed E-state index contributed by atoms with van der Waals surface area (Å²) in [6.07, 6.45) is 3.64. The SMILES string of the molecule is CCNC(=NCC1CCOc2ccccc21)N1CCOC(C2CCCO2)C1.I. The molecule has 6 nitrogen and oxygen atoms in total. The van der Waals surface area contributed by atoms with Crippen LogP contribution >= 0.6 is 24.0 Å². The van der Waals surface area contributed by atoms with Gasteiger partial charge in [-0.05, 0) is 37.8 Å². The van der Waals surface area contributed by atoms with Gasteiger partial charge in [-0.15, -0.1) is 24.0 Å². The van der Waals surface area contributed by atoms with E-state index in [4.69, 9.17) is 19.2 Å². The Kier molecular flexibility index (Phi) is 8.23. The van der Waals surface area contributed by atoms with Crippen LogP contribution in [0.3, 0.4) is 0 Å². The summed E-state index contributed by atoms with van der Waals surface area (Å²) in [7, 11) is 0. The summed E-state index contributed by atoms with van der Waals surface area (Å²) in [5.41, 5.74) is 1.28. The second-order valence-electron chi connectivity index (χ2n) is 7.47. The fourth-order valence-electron chi connectivity index (χ4n) is 4.22. The maximum Gasteiger partial charge on any atom is 0.194 e. The number of rotatable bonds is 4. The van der Waals surface area contributed by atoms with Crippen molar-refractivity contribution in [3.8, 4) is 5.75 Å². The molecule has 1 N–H and O–H groups in total. The average molecular weight is 501 g/mol. The summed E-state index contributed by atoms with van der Waals surface area (Å²) in [5.74, 6) is 2.42. The number of halogens is 1. The molecule has 3 unspecified atom stereocenters. The summed E-state index contributed by atoms with van der Waals surface area (Å²) < 4.78 is 17.6. The van der Waals surface area contributed by atoms with E-state index < -0.39 is 0 Å². The van der Waals surface area contributed by atoms with E-state index in [1.165, 1.54) is 5.56 Å². The lowest BCUT2D eigenvalue weighted by Crippen LogP contribution is -2.53. The highest BCUT2D eigenvalue weighted by molar-refractivity contribution is 14.0. The Morgan fingerprint density at radius 3 is 2.82 bits per heavy atom. The molecule has 3 heterocycles. The minimum absolute atomic E-state index is 0. The number of hydrogen-bond donors (Lipinski definition) is 1. The highest BCUT2D eigenvalue weighted by atomic mass is 127. The standard InChI is InChI=1S/C21H31N3O3.HI/c1-2-22-21(24-10-13-27-20(15-24)19-8-5-11-25-19)23-14-16-9-12-26-18-7-4-3-6-17(16)18;/h3-4,6-7,16,19-20H,2,5,8-15H2,1H3,(H,22,23);1H. The topological polar surface area (TPSA) is 55.3 Å². The fraction of sp³-hybridized carbons (Fsp3) is 0.667. The lowest BCUT2D eigenvalue weighted by atomic mass is 9.93. The lowest BCUT2D eigenvalue weighted by Gasteiger charge is -2.37. The first kappa shape index (κ1) is 21.6. The maximum atomic E-state index is 6.00. The minimum Gasteiger partial charge on any atom is -0.493 e. The van der Waals surface area contributed by atoms with Gasteiger partial charge in [0, 0.05) is 38.7 Å². The second kappa shape index (κ2) is 10.6. The van der Waals surface area contributed by atoms with Gasteiger partial charge in [0.05, 0.1) is 19.3 Å². The van der Waals surface area contributed by atoms with E-state index in [9.17, 15) is 0 Å². The number of morpholine rings is 1. The number of aliphatic imine (C=N–C) groups is 1. The van der Waals surface area contributed by atoms with Gasteiger partial charge in [-0.25, -0.2) is 0 Å². The molecule has 1 aromatic rings. The molecule has 4 rings (SSSR count). The zero-order chi connectivity index (χ0) is 18.5. The molecular weight excluding hydrogens is 469 g/mol. The number of hydrogen-bond acceptors (Lipinski definition) is 4. The van der Waals surface area contributed by atoms with Gasteiger partial charge in [0.25, 0.3) is 0 Å². The van der Waals surface area contributed by atoms with Crippen LogP contribution in [0.15, 0.2) is 29.3 Å². The predicted molar refractivity (Wildman–Crippen MR) is 121 cm³/mol. The second-order valence-corrected chi connectivity index (χ2v) is 7.47. The van der Waals surface area contributed by atoms with E-state index in [0.29, 0.717) is 5.92 Å². The van der Waals surface area contributed by atoms with Crippen molar-refractivity contribution < 1.29 is 14.2 Å². The van der Waals surface area contributed by atoms with Crippen LogP contribution in [-0.2, 0) is 9.47 Å². The Morgan fingerprint density at radius 1 is 1.14 bits per heavy atom. The number of para-hydroxylation sites is 1. The number of ether oxygens (including phenoxy) is 3. The Balaban J connectivity index is 0.00000225. The molecule has 2 fully saturated rings. The van der Waals surface area contributed by atoms with Gasteiger partial charge in [-0.3, -0.25) is 4.99 Å². The monoisotopic (exact) mass is 501 g/mol. The van der Waals surface area contributed by atoms with Gasteiger partial charge >= 0.3 is 0 Å². The van der Waals surface area contributed by atoms with Crippen LogP contribution in [0.4, 0.5) is 0 Å². The van der Waals surface area contributed by atoms with Crippen LogP contribution in [0.25, 0.3) is 0 Å². The van der Waals surface area contributed by atoms with Gasteiger partial charge in [0.1, 0.15) is 11.9 Å². The van der Waals surface area contributed by atoms with Crippen molar-refractivity contribution in [3.05, 3.63) is 29.8 Å². The van der Waals surface area contributed by atoms with Gasteiger partial charge < -0.3 is 24.4 Å². The smallest absolute Gasteiger partial charge is 0.194 e. The van der Waals surface area contributed by atoms with Crippen molar-refractivity contribution in [1.29, 1.82) is 0 Å². The summed E-state index contributed by atoms with van der Waals surface area (Å²) in [4.78, 5) is 7.34. The quantitative estimate of drug-likeness (QED) is 0.391. The van der Waals surface area contributed by atoms with Crippen LogP contribution in [0.2, 0.25) is 0 Å². The molecule has 156 valence electrons. The number of benzene rings is 1. The molecule has 0 saturated carbocycles. The van der Waals surface area contributed by atoms with E-state index >= 15 is 0 Å². The molecular formula is C21H32IN3O3. The molecule has 0 spiro atoms. The zero-order valence-corrected chi connectivity index (χ0v) is 19.0. The molecule has 0 aliphatic carbocycles. The van der Waals surface area contributed by atoms with E-state index in [1.54, 1.807) is 0 Å². The molecule has 3 atom stereocenters. The molecule has 28 heavy (non-hydrogen) atoms. The highest BCUT2D eigenvalue weighted by Crippen LogP contribution is 2.33. The van der Waals surface area contributed by atoms with Crippen LogP contribution in [0, 0.1) is 0 Å². The first-order valence-corrected chi connectivity index (χ1v) is 10.3. The third kappa shape index (κ3) is 5.10. The van der Waals surface area contributed by atoms with E-state index in [-0.39, 0.29) is 36.2 Å². The van der Waals surface area contributed by atoms with Crippen molar-refractivity contribution in [2.75, 3.05) is 46.0 Å². The van der Waals surface area contributed by atoms with Crippen molar-refractivity contribution in [2.24, 2.45) is 4.99 Å². The van der Waals surface area contributed by atoms with E-state index in [0.717, 1.165) is 77.0 Å². The fourth-order valence-corrected chi connectivity index (χ4v) is 4.22. The van der Waals surface area contributed by atoms with Crippen LogP contribution < -0.4 is 10.1 Å². The summed E-state index contributed by atoms with van der Waals surface area (Å²) in [5, 5.41) is 3.48. The van der Waals surface area contributed by atoms with Crippen LogP contribution in [0.5, 0.6) is 5.75 Å². The number of nitrogens with one attached hydrogen (secondary N) is 1. The van der Waals surface area contributed by atoms with Crippen molar-refractivity contribution >= 4 is 29.9 Å². The first-order chi connectivity index (χ1) is 13.3. The third-order valence-corrected chi connectivity index (χ3v) is 5.65. The maximum absolute atomic E-state index is 6.00. The molecule has 1 aromatic carbocycles. The average Bonchev–Trinajstić information content (AvgIpc) is 3.26. The van der Waals surface area contributed by atoms with Crippen molar-refractivity contribution in [3.63, 3.8) is 0 Å². The highest BCUT2D eigenvalue weighted by Gasteiger charge is 2.32. The van der Waals surface area contributed by atoms with Crippen molar-refractivity contribution in [1.82, 2.24) is 10.2 Å². The summed E-state index contributed by atoms with van der Waals surface area (Å²) >= 11 is 0. The molecule has 3 aliphatic heterocycles. The largest absolute Gasteiger partial charge is 0.493 e. The Morgan fingerprint density at radius 2 is 2.00 bits per heavy atom. The third-order valence-electron chi connectivity index (χ3n) is 5.65. The molecule has 7 heteroatoms. The summed E-state index contributed by atoms with van der Waals surface area (Å²) in [6.45, 7) is 7.86. The van der Waals surface area contributed by atoms with Gasteiger partial charge in [0.2, 0.25) is 0 Å². The Labute approximate surface area is 185 Å². The number of guanidine groups is 1. The van der Waals surface area contributed by atoms with Gasteiger partial charge in [0.15, 0.2) is 5.96 Å². The Bertz CT molecular complexity index is 652. The molecule has 0 bridgehead atoms. The van der Waals surface area contributed by atoms with E-state index in [2.05, 4.69) is 35.3 Å². The van der Waals surface area contributed by atoms with Crippen LogP contribution in [0.1, 0.15) is 37.7 Å². The molecule has 0 amide bonds. The predicted octanol–water partition coefficient (Wildman–Crippen LogP) is 3.02. The van der Waals surface area contributed by atoms with E-state index in [1.807, 2.05) is 6.07 Å². The van der Waals surface area contributed by atoms with Gasteiger partial charge in [-0.2, -0.15) is 0 Å². The molecule has 3 aliphatic rings. The molecule has 0 aromatic heterocycles. The van der Waals surface area contributed by atoms with Gasteiger partial charge in [-0.1, -0.05) is 18.2 Å². The van der Waals surface area contributed by atoms with Crippen molar-refractivity contribution in [2.45, 2.75) is 44.3 Å².